The normalized spacial score (nSPS) is 25.6. The highest BCUT2D eigenvalue weighted by Gasteiger charge is 2.26. The second-order valence-corrected chi connectivity index (χ2v) is 5.98. The van der Waals surface area contributed by atoms with Crippen LogP contribution < -0.4 is 10.1 Å². The highest BCUT2D eigenvalue weighted by Crippen LogP contribution is 2.31. The van der Waals surface area contributed by atoms with Crippen molar-refractivity contribution in [1.29, 1.82) is 0 Å². The molecule has 1 aliphatic carbocycles. The molecule has 1 saturated carbocycles. The molecule has 1 heterocycles. The van der Waals surface area contributed by atoms with E-state index < -0.39 is 0 Å². The van der Waals surface area contributed by atoms with Gasteiger partial charge in [-0.15, -0.1) is 0 Å². The third-order valence-electron chi connectivity index (χ3n) is 4.22. The van der Waals surface area contributed by atoms with Crippen LogP contribution in [0.2, 0.25) is 0 Å². The molecule has 0 saturated heterocycles. The molecule has 1 fully saturated rings. The van der Waals surface area contributed by atoms with Crippen molar-refractivity contribution < 1.29 is 9.47 Å². The van der Waals surface area contributed by atoms with Gasteiger partial charge in [0.2, 0.25) is 5.88 Å². The Morgan fingerprint density at radius 1 is 1.24 bits per heavy atom. The SMILES string of the molecule is CCNc1cc(OC2CCC(C)C(C)C2)nc(COC)n1. The summed E-state index contributed by atoms with van der Waals surface area (Å²) in [4.78, 5) is 8.85. The van der Waals surface area contributed by atoms with E-state index in [-0.39, 0.29) is 6.10 Å². The summed E-state index contributed by atoms with van der Waals surface area (Å²) in [5, 5.41) is 3.21. The van der Waals surface area contributed by atoms with Crippen molar-refractivity contribution in [2.24, 2.45) is 11.8 Å². The van der Waals surface area contributed by atoms with Crippen molar-refractivity contribution in [3.8, 4) is 5.88 Å². The van der Waals surface area contributed by atoms with Gasteiger partial charge in [-0.3, -0.25) is 0 Å². The predicted molar refractivity (Wildman–Crippen MR) is 83.5 cm³/mol. The van der Waals surface area contributed by atoms with Crippen molar-refractivity contribution in [2.75, 3.05) is 19.0 Å². The van der Waals surface area contributed by atoms with Crippen LogP contribution in [0.5, 0.6) is 5.88 Å². The average molecular weight is 293 g/mol. The van der Waals surface area contributed by atoms with Gasteiger partial charge in [0, 0.05) is 19.7 Å². The molecule has 0 aromatic carbocycles. The van der Waals surface area contributed by atoms with Crippen molar-refractivity contribution in [3.63, 3.8) is 0 Å². The van der Waals surface area contributed by atoms with E-state index in [4.69, 9.17) is 9.47 Å². The molecule has 3 atom stereocenters. The summed E-state index contributed by atoms with van der Waals surface area (Å²) < 4.78 is 11.2. The number of hydrogen-bond acceptors (Lipinski definition) is 5. The molecule has 0 aliphatic heterocycles. The number of methoxy groups -OCH3 is 1. The Morgan fingerprint density at radius 2 is 2.05 bits per heavy atom. The van der Waals surface area contributed by atoms with Gasteiger partial charge in [-0.25, -0.2) is 4.98 Å². The largest absolute Gasteiger partial charge is 0.474 e. The highest BCUT2D eigenvalue weighted by molar-refractivity contribution is 5.38. The first kappa shape index (κ1) is 16.0. The maximum Gasteiger partial charge on any atom is 0.219 e. The minimum absolute atomic E-state index is 0.260. The van der Waals surface area contributed by atoms with Crippen molar-refractivity contribution in [1.82, 2.24) is 9.97 Å². The molecule has 3 unspecified atom stereocenters. The van der Waals surface area contributed by atoms with E-state index in [0.717, 1.165) is 31.1 Å². The molecule has 1 aromatic rings. The Kier molecular flexibility index (Phi) is 5.79. The maximum atomic E-state index is 6.10. The van der Waals surface area contributed by atoms with Crippen LogP contribution >= 0.6 is 0 Å². The fourth-order valence-corrected chi connectivity index (χ4v) is 2.77. The van der Waals surface area contributed by atoms with Gasteiger partial charge in [0.05, 0.1) is 0 Å². The lowest BCUT2D eigenvalue weighted by Crippen LogP contribution is -2.29. The number of nitrogens with one attached hydrogen (secondary N) is 1. The Morgan fingerprint density at radius 3 is 2.71 bits per heavy atom. The molecule has 21 heavy (non-hydrogen) atoms. The van der Waals surface area contributed by atoms with Crippen LogP contribution in [0.3, 0.4) is 0 Å². The fraction of sp³-hybridized carbons (Fsp3) is 0.750. The quantitative estimate of drug-likeness (QED) is 0.872. The highest BCUT2D eigenvalue weighted by atomic mass is 16.5. The van der Waals surface area contributed by atoms with Crippen LogP contribution in [-0.2, 0) is 11.3 Å². The predicted octanol–water partition coefficient (Wildman–Crippen LogP) is 3.26. The topological polar surface area (TPSA) is 56.3 Å². The zero-order valence-electron chi connectivity index (χ0n) is 13.6. The van der Waals surface area contributed by atoms with Crippen molar-refractivity contribution >= 4 is 5.82 Å². The van der Waals surface area contributed by atoms with Crippen LogP contribution in [0.4, 0.5) is 5.82 Å². The molecule has 0 amide bonds. The lowest BCUT2D eigenvalue weighted by atomic mass is 9.80. The van der Waals surface area contributed by atoms with Gasteiger partial charge < -0.3 is 14.8 Å². The summed E-state index contributed by atoms with van der Waals surface area (Å²) in [6, 6.07) is 1.88. The molecule has 1 aromatic heterocycles. The molecular weight excluding hydrogens is 266 g/mol. The van der Waals surface area contributed by atoms with Gasteiger partial charge in [0.25, 0.3) is 0 Å². The summed E-state index contributed by atoms with van der Waals surface area (Å²) in [5.41, 5.74) is 0. The summed E-state index contributed by atoms with van der Waals surface area (Å²) in [6.07, 6.45) is 3.69. The van der Waals surface area contributed by atoms with Crippen LogP contribution in [-0.4, -0.2) is 29.7 Å². The van der Waals surface area contributed by atoms with Crippen molar-refractivity contribution in [2.45, 2.75) is 52.7 Å². The Hall–Kier alpha value is -1.36. The lowest BCUT2D eigenvalue weighted by Gasteiger charge is -2.32. The Bertz CT molecular complexity index is 429. The van der Waals surface area contributed by atoms with E-state index in [1.807, 2.05) is 13.0 Å². The Labute approximate surface area is 127 Å². The number of ether oxygens (including phenoxy) is 2. The zero-order chi connectivity index (χ0) is 15.2. The van der Waals surface area contributed by atoms with Gasteiger partial charge in [0.15, 0.2) is 5.82 Å². The van der Waals surface area contributed by atoms with Crippen molar-refractivity contribution in [3.05, 3.63) is 11.9 Å². The number of nitrogens with zero attached hydrogens (tertiary/aromatic N) is 2. The van der Waals surface area contributed by atoms with Crippen LogP contribution in [0, 0.1) is 11.8 Å². The van der Waals surface area contributed by atoms with E-state index >= 15 is 0 Å². The molecule has 2 rings (SSSR count). The smallest absolute Gasteiger partial charge is 0.219 e. The summed E-state index contributed by atoms with van der Waals surface area (Å²) in [7, 11) is 1.65. The second kappa shape index (κ2) is 7.59. The summed E-state index contributed by atoms with van der Waals surface area (Å²) in [6.45, 7) is 7.89. The number of rotatable bonds is 6. The first-order chi connectivity index (χ1) is 10.1. The third kappa shape index (κ3) is 4.56. The first-order valence-corrected chi connectivity index (χ1v) is 7.89. The molecule has 0 spiro atoms. The molecule has 0 bridgehead atoms. The van der Waals surface area contributed by atoms with Gasteiger partial charge in [-0.2, -0.15) is 4.98 Å². The lowest BCUT2D eigenvalue weighted by molar-refractivity contribution is 0.0952. The van der Waals surface area contributed by atoms with E-state index in [2.05, 4.69) is 29.1 Å². The summed E-state index contributed by atoms with van der Waals surface area (Å²) >= 11 is 0. The first-order valence-electron chi connectivity index (χ1n) is 7.89. The van der Waals surface area contributed by atoms with Crippen LogP contribution in [0.1, 0.15) is 45.9 Å². The zero-order valence-corrected chi connectivity index (χ0v) is 13.6. The number of anilines is 1. The van der Waals surface area contributed by atoms with Gasteiger partial charge in [0.1, 0.15) is 18.5 Å². The molecular formula is C16H27N3O2. The minimum atomic E-state index is 0.260. The van der Waals surface area contributed by atoms with E-state index in [0.29, 0.717) is 24.2 Å². The molecule has 0 radical (unpaired) electrons. The monoisotopic (exact) mass is 293 g/mol. The van der Waals surface area contributed by atoms with Gasteiger partial charge in [-0.1, -0.05) is 13.8 Å². The van der Waals surface area contributed by atoms with E-state index in [9.17, 15) is 0 Å². The number of hydrogen-bond donors (Lipinski definition) is 1. The molecule has 1 aliphatic rings. The number of aromatic nitrogens is 2. The van der Waals surface area contributed by atoms with Crippen LogP contribution in [0.15, 0.2) is 6.07 Å². The molecule has 1 N–H and O–H groups in total. The van der Waals surface area contributed by atoms with E-state index in [1.54, 1.807) is 7.11 Å². The third-order valence-corrected chi connectivity index (χ3v) is 4.22. The minimum Gasteiger partial charge on any atom is -0.474 e. The summed E-state index contributed by atoms with van der Waals surface area (Å²) in [5.74, 6) is 3.60. The van der Waals surface area contributed by atoms with Crippen LogP contribution in [0.25, 0.3) is 0 Å². The molecule has 5 nitrogen and oxygen atoms in total. The molecule has 5 heteroatoms. The fourth-order valence-electron chi connectivity index (χ4n) is 2.77. The average Bonchev–Trinajstić information content (AvgIpc) is 2.43. The van der Waals surface area contributed by atoms with E-state index in [1.165, 1.54) is 6.42 Å². The standard InChI is InChI=1S/C16H27N3O2/c1-5-17-14-9-16(19-15(18-14)10-20-4)21-13-7-6-11(2)12(3)8-13/h9,11-13H,5-8,10H2,1-4H3,(H,17,18,19). The molecule has 118 valence electrons. The van der Waals surface area contributed by atoms with Gasteiger partial charge in [-0.05, 0) is 38.0 Å². The second-order valence-electron chi connectivity index (χ2n) is 5.98. The maximum absolute atomic E-state index is 6.10. The van der Waals surface area contributed by atoms with Gasteiger partial charge >= 0.3 is 0 Å². The Balaban J connectivity index is 2.07.